The van der Waals surface area contributed by atoms with Gasteiger partial charge >= 0.3 is 94.4 Å². The Bertz CT molecular complexity index is 994. The molecule has 160 valence electrons. The molecule has 15 nitrogen and oxygen atoms in total. The summed E-state index contributed by atoms with van der Waals surface area (Å²) in [7, 11) is -17.4. The van der Waals surface area contributed by atoms with Gasteiger partial charge in [-0.1, -0.05) is 0 Å². The Kier molecular flexibility index (Phi) is 15.9. The molecule has 0 spiro atoms. The van der Waals surface area contributed by atoms with Crippen molar-refractivity contribution in [2.45, 2.75) is 32.1 Å². The Labute approximate surface area is 241 Å². The van der Waals surface area contributed by atoms with Crippen LogP contribution in [0.3, 0.4) is 0 Å². The first-order valence-electron chi connectivity index (χ1n) is 7.38. The van der Waals surface area contributed by atoms with Crippen molar-refractivity contribution in [3.63, 3.8) is 0 Å². The quantitative estimate of drug-likeness (QED) is 0.234. The number of rotatable bonds is 8. The molecule has 0 aromatic carbocycles. The fourth-order valence-electron chi connectivity index (χ4n) is 2.28. The molecule has 0 aliphatic carbocycles. The van der Waals surface area contributed by atoms with Crippen molar-refractivity contribution in [1.82, 2.24) is 9.55 Å². The third kappa shape index (κ3) is 12.0. The zero-order chi connectivity index (χ0) is 21.3. The molecule has 5 unspecified atom stereocenters. The molecule has 1 aromatic heterocycles. The van der Waals surface area contributed by atoms with Crippen LogP contribution in [0.4, 0.5) is 0 Å². The first-order valence-corrected chi connectivity index (χ1v) is 11.8. The predicted octanol–water partition coefficient (Wildman–Crippen LogP) is -11.0. The largest absolute Gasteiger partial charge is 1.00 e. The number of aryl methyl sites for hydroxylation is 1. The van der Waals surface area contributed by atoms with Gasteiger partial charge in [-0.2, -0.15) is 0 Å². The third-order valence-corrected chi connectivity index (χ3v) is 7.05. The summed E-state index contributed by atoms with van der Waals surface area (Å²) in [6.45, 7) is 0.744. The summed E-state index contributed by atoms with van der Waals surface area (Å²) in [5, 5.41) is 0. The van der Waals surface area contributed by atoms with Gasteiger partial charge in [0.05, 0.1) is 12.7 Å². The molecule has 31 heavy (non-hydrogen) atoms. The monoisotopic (exact) mass is 532 g/mol. The fourth-order valence-corrected chi connectivity index (χ4v) is 5.19. The van der Waals surface area contributed by atoms with Gasteiger partial charge in [0, 0.05) is 11.8 Å². The van der Waals surface area contributed by atoms with Gasteiger partial charge in [-0.3, -0.25) is 28.0 Å². The van der Waals surface area contributed by atoms with Crippen molar-refractivity contribution < 1.29 is 140 Å². The number of H-pyrrole nitrogens is 1. The van der Waals surface area contributed by atoms with Crippen LogP contribution in [-0.2, 0) is 31.6 Å². The van der Waals surface area contributed by atoms with E-state index in [9.17, 15) is 38.0 Å². The maximum Gasteiger partial charge on any atom is 1.00 e. The Hall–Kier alpha value is 2.05. The van der Waals surface area contributed by atoms with Gasteiger partial charge in [0.25, 0.3) is 29.0 Å². The summed E-state index contributed by atoms with van der Waals surface area (Å²) in [4.78, 5) is 66.4. The summed E-state index contributed by atoms with van der Waals surface area (Å²) in [6, 6.07) is 0. The van der Waals surface area contributed by atoms with Crippen LogP contribution in [-0.4, -0.2) is 27.2 Å². The van der Waals surface area contributed by atoms with E-state index in [4.69, 9.17) is 9.63 Å². The number of aromatic amines is 1. The van der Waals surface area contributed by atoms with Crippen LogP contribution in [0.2, 0.25) is 0 Å². The topological polar surface area (TPSA) is 232 Å². The SMILES string of the molecule is Cc1cn(C2CCC(COP(=O)([O-])OP(=O)([O-])OP(=O)([O-])O)O2)c(=O)[nH]c1=O.[Na+].[Na+].[Na+]. The fraction of sp³-hybridized carbons (Fsp3) is 0.600. The number of ether oxygens (including phenoxy) is 1. The molecule has 5 atom stereocenters. The normalized spacial score (nSPS) is 23.8. The number of hydrogen-bond donors (Lipinski definition) is 2. The van der Waals surface area contributed by atoms with Crippen molar-refractivity contribution in [3.8, 4) is 0 Å². The Morgan fingerprint density at radius 3 is 2.26 bits per heavy atom. The molecule has 2 heterocycles. The van der Waals surface area contributed by atoms with Crippen LogP contribution in [0.25, 0.3) is 0 Å². The molecule has 2 N–H and O–H groups in total. The number of nitrogens with one attached hydrogen (secondary N) is 1. The molecule has 1 fully saturated rings. The van der Waals surface area contributed by atoms with Crippen LogP contribution in [0.15, 0.2) is 15.8 Å². The van der Waals surface area contributed by atoms with Gasteiger partial charge in [-0.05, 0) is 19.8 Å². The average molecular weight is 532 g/mol. The molecule has 0 saturated carbocycles. The van der Waals surface area contributed by atoms with E-state index in [-0.39, 0.29) is 107 Å². The second-order valence-corrected chi connectivity index (χ2v) is 9.88. The number of hydrogen-bond acceptors (Lipinski definition) is 12. The molecule has 0 amide bonds. The molecule has 0 radical (unpaired) electrons. The third-order valence-electron chi connectivity index (χ3n) is 3.36. The van der Waals surface area contributed by atoms with E-state index in [0.29, 0.717) is 0 Å². The first kappa shape index (κ1) is 35.2. The van der Waals surface area contributed by atoms with E-state index >= 15 is 0 Å². The number of nitrogens with zero attached hydrogens (tertiary/aromatic N) is 1. The van der Waals surface area contributed by atoms with E-state index in [2.05, 4.69) is 18.1 Å². The summed E-state index contributed by atoms with van der Waals surface area (Å²) >= 11 is 0. The zero-order valence-electron chi connectivity index (χ0n) is 17.0. The summed E-state index contributed by atoms with van der Waals surface area (Å²) in [5.41, 5.74) is -1.07. The standard InChI is InChI=1S/C10H17N2O13P3.3Na/c1-6-4-12(10(14)11-9(6)13)8-3-2-7(23-8)5-22-27(18,19)25-28(20,21)24-26(15,16)17;;;/h4,7-8H,2-3,5H2,1H3,(H,18,19)(H,20,21)(H,11,13,14)(H2,15,16,17);;;/q;3*+1/p-3. The minimum Gasteiger partial charge on any atom is -0.756 e. The van der Waals surface area contributed by atoms with Crippen molar-refractivity contribution in [2.75, 3.05) is 6.61 Å². The summed E-state index contributed by atoms with van der Waals surface area (Å²) in [5.74, 6) is 0. The van der Waals surface area contributed by atoms with Gasteiger partial charge < -0.3 is 28.8 Å². The molecule has 1 aromatic rings. The minimum absolute atomic E-state index is 0. The number of phosphoric acid groups is 3. The van der Waals surface area contributed by atoms with Crippen molar-refractivity contribution in [1.29, 1.82) is 0 Å². The van der Waals surface area contributed by atoms with Crippen molar-refractivity contribution in [3.05, 3.63) is 32.6 Å². The smallest absolute Gasteiger partial charge is 0.756 e. The first-order chi connectivity index (χ1) is 12.7. The Morgan fingerprint density at radius 2 is 1.71 bits per heavy atom. The molecule has 21 heteroatoms. The van der Waals surface area contributed by atoms with Crippen LogP contribution in [0.5, 0.6) is 0 Å². The van der Waals surface area contributed by atoms with Crippen LogP contribution < -0.4 is 115 Å². The second-order valence-electron chi connectivity index (χ2n) is 5.59. The molecule has 0 bridgehead atoms. The molecule has 1 aliphatic rings. The summed E-state index contributed by atoms with van der Waals surface area (Å²) < 4.78 is 50.4. The number of aromatic nitrogens is 2. The maximum absolute atomic E-state index is 11.8. The maximum atomic E-state index is 11.8. The van der Waals surface area contributed by atoms with Crippen LogP contribution in [0.1, 0.15) is 24.6 Å². The predicted molar refractivity (Wildman–Crippen MR) is 82.4 cm³/mol. The molecule has 2 rings (SSSR count). The second kappa shape index (κ2) is 14.0. The Balaban J connectivity index is 0. The van der Waals surface area contributed by atoms with Gasteiger partial charge in [0.1, 0.15) is 6.23 Å². The number of phosphoric ester groups is 1. The van der Waals surface area contributed by atoms with Crippen molar-refractivity contribution in [2.24, 2.45) is 0 Å². The van der Waals surface area contributed by atoms with E-state index < -0.39 is 53.7 Å². The average Bonchev–Trinajstić information content (AvgIpc) is 2.94. The Morgan fingerprint density at radius 1 is 1.13 bits per heavy atom. The van der Waals surface area contributed by atoms with E-state index in [1.807, 2.05) is 0 Å². The zero-order valence-corrected chi connectivity index (χ0v) is 25.7. The van der Waals surface area contributed by atoms with Gasteiger partial charge in [-0.25, -0.2) is 13.4 Å². The summed E-state index contributed by atoms with van der Waals surface area (Å²) in [6.07, 6.45) is -0.0229. The van der Waals surface area contributed by atoms with E-state index in [0.717, 1.165) is 4.57 Å². The molecule has 1 saturated heterocycles. The van der Waals surface area contributed by atoms with E-state index in [1.54, 1.807) is 0 Å². The minimum atomic E-state index is -5.97. The van der Waals surface area contributed by atoms with Gasteiger partial charge in [0.2, 0.25) is 0 Å². The van der Waals surface area contributed by atoms with Crippen molar-refractivity contribution >= 4 is 23.5 Å². The van der Waals surface area contributed by atoms with Crippen LogP contribution in [0, 0.1) is 6.92 Å². The molecule has 1 aliphatic heterocycles. The molecular formula is C10H14N2Na3O13P3. The van der Waals surface area contributed by atoms with Gasteiger partial charge in [-0.15, -0.1) is 0 Å². The van der Waals surface area contributed by atoms with Gasteiger partial charge in [0.15, 0.2) is 0 Å². The van der Waals surface area contributed by atoms with Crippen LogP contribution >= 0.6 is 23.5 Å². The van der Waals surface area contributed by atoms with E-state index in [1.165, 1.54) is 13.1 Å². The molecular weight excluding hydrogens is 518 g/mol.